The molecule has 0 spiro atoms. The molecule has 1 amide bonds. The maximum absolute atomic E-state index is 12.4. The highest BCUT2D eigenvalue weighted by molar-refractivity contribution is 6.04. The zero-order valence-corrected chi connectivity index (χ0v) is 15.2. The van der Waals surface area contributed by atoms with Gasteiger partial charge in [-0.2, -0.15) is 5.10 Å². The summed E-state index contributed by atoms with van der Waals surface area (Å²) in [5.41, 5.74) is 7.26. The van der Waals surface area contributed by atoms with Crippen molar-refractivity contribution in [1.82, 2.24) is 14.8 Å². The fourth-order valence-electron chi connectivity index (χ4n) is 3.50. The van der Waals surface area contributed by atoms with E-state index in [1.54, 1.807) is 24.0 Å². The Morgan fingerprint density at radius 3 is 2.62 bits per heavy atom. The molecule has 26 heavy (non-hydrogen) atoms. The Hall–Kier alpha value is -2.64. The average Bonchev–Trinajstić information content (AvgIpc) is 3.06. The predicted octanol–water partition coefficient (Wildman–Crippen LogP) is 2.08. The van der Waals surface area contributed by atoms with E-state index in [-0.39, 0.29) is 17.9 Å². The zero-order chi connectivity index (χ0) is 18.7. The number of aryl methyl sites for hydroxylation is 1. The van der Waals surface area contributed by atoms with Gasteiger partial charge in [-0.1, -0.05) is 0 Å². The van der Waals surface area contributed by atoms with Gasteiger partial charge in [-0.25, -0.2) is 14.5 Å². The standard InChI is InChI=1S/C18H25N5O3/c1-3-23-17-13(10-21-23)15(14(9-20-17)18(25)26-4-2)22-12-7-5-11(6-8-12)16(19)24/h9-12H,3-8H2,1-2H3,(H2,19,24)(H,20,22). The van der Waals surface area contributed by atoms with Gasteiger partial charge < -0.3 is 15.8 Å². The highest BCUT2D eigenvalue weighted by Crippen LogP contribution is 2.31. The Morgan fingerprint density at radius 1 is 1.27 bits per heavy atom. The smallest absolute Gasteiger partial charge is 0.341 e. The topological polar surface area (TPSA) is 112 Å². The van der Waals surface area contributed by atoms with E-state index in [0.717, 1.165) is 36.7 Å². The Morgan fingerprint density at radius 2 is 2.00 bits per heavy atom. The van der Waals surface area contributed by atoms with Crippen LogP contribution in [0.1, 0.15) is 49.9 Å². The molecule has 0 aromatic carbocycles. The average molecular weight is 359 g/mol. The Bertz CT molecular complexity index is 809. The number of carbonyl (C=O) groups excluding carboxylic acids is 2. The Balaban J connectivity index is 1.91. The molecular weight excluding hydrogens is 334 g/mol. The number of aromatic nitrogens is 3. The number of nitrogens with two attached hydrogens (primary N) is 1. The van der Waals surface area contributed by atoms with Crippen molar-refractivity contribution < 1.29 is 14.3 Å². The van der Waals surface area contributed by atoms with Crippen molar-refractivity contribution in [1.29, 1.82) is 0 Å². The number of hydrogen-bond donors (Lipinski definition) is 2. The number of anilines is 1. The normalized spacial score (nSPS) is 20.1. The molecule has 3 rings (SSSR count). The SMILES string of the molecule is CCOC(=O)c1cnc2c(cnn2CC)c1NC1CCC(C(N)=O)CC1. The van der Waals surface area contributed by atoms with Gasteiger partial charge in [0.05, 0.1) is 23.9 Å². The first-order valence-electron chi connectivity index (χ1n) is 9.12. The summed E-state index contributed by atoms with van der Waals surface area (Å²) in [7, 11) is 0. The third-order valence-electron chi connectivity index (χ3n) is 4.94. The molecule has 0 unspecified atom stereocenters. The summed E-state index contributed by atoms with van der Waals surface area (Å²) >= 11 is 0. The molecule has 2 aromatic heterocycles. The van der Waals surface area contributed by atoms with Crippen LogP contribution >= 0.6 is 0 Å². The van der Waals surface area contributed by atoms with E-state index >= 15 is 0 Å². The van der Waals surface area contributed by atoms with Crippen molar-refractivity contribution in [3.8, 4) is 0 Å². The van der Waals surface area contributed by atoms with Gasteiger partial charge in [0.25, 0.3) is 0 Å². The van der Waals surface area contributed by atoms with Crippen molar-refractivity contribution in [2.45, 2.75) is 52.1 Å². The van der Waals surface area contributed by atoms with E-state index in [1.165, 1.54) is 0 Å². The number of nitrogens with zero attached hydrogens (tertiary/aromatic N) is 3. The number of rotatable bonds is 6. The first-order valence-corrected chi connectivity index (χ1v) is 9.12. The maximum Gasteiger partial charge on any atom is 0.341 e. The van der Waals surface area contributed by atoms with Crippen molar-refractivity contribution in [2.75, 3.05) is 11.9 Å². The molecule has 140 valence electrons. The lowest BCUT2D eigenvalue weighted by molar-refractivity contribution is -0.122. The summed E-state index contributed by atoms with van der Waals surface area (Å²) in [6, 6.07) is 0.161. The maximum atomic E-state index is 12.4. The van der Waals surface area contributed by atoms with E-state index in [0.29, 0.717) is 24.4 Å². The van der Waals surface area contributed by atoms with Gasteiger partial charge in [-0.15, -0.1) is 0 Å². The molecule has 1 fully saturated rings. The second-order valence-electron chi connectivity index (χ2n) is 6.56. The Kier molecular flexibility index (Phi) is 5.39. The second kappa shape index (κ2) is 7.72. The molecule has 1 aliphatic rings. The summed E-state index contributed by atoms with van der Waals surface area (Å²) in [5, 5.41) is 8.63. The van der Waals surface area contributed by atoms with Gasteiger partial charge >= 0.3 is 5.97 Å². The lowest BCUT2D eigenvalue weighted by atomic mass is 9.85. The van der Waals surface area contributed by atoms with Gasteiger partial charge in [0.2, 0.25) is 5.91 Å². The molecule has 0 atom stereocenters. The van der Waals surface area contributed by atoms with Crippen LogP contribution in [-0.4, -0.2) is 39.3 Å². The molecule has 8 heteroatoms. The first kappa shape index (κ1) is 18.2. The number of fused-ring (bicyclic) bond motifs is 1. The molecule has 8 nitrogen and oxygen atoms in total. The molecule has 0 saturated heterocycles. The van der Waals surface area contributed by atoms with E-state index in [1.807, 2.05) is 6.92 Å². The third-order valence-corrected chi connectivity index (χ3v) is 4.94. The fourth-order valence-corrected chi connectivity index (χ4v) is 3.50. The largest absolute Gasteiger partial charge is 0.462 e. The molecule has 3 N–H and O–H groups in total. The Labute approximate surface area is 152 Å². The van der Waals surface area contributed by atoms with E-state index in [2.05, 4.69) is 15.4 Å². The molecule has 0 aliphatic heterocycles. The van der Waals surface area contributed by atoms with Crippen LogP contribution in [0, 0.1) is 5.92 Å². The molecular formula is C18H25N5O3. The summed E-state index contributed by atoms with van der Waals surface area (Å²) < 4.78 is 6.97. The highest BCUT2D eigenvalue weighted by atomic mass is 16.5. The zero-order valence-electron chi connectivity index (χ0n) is 15.2. The highest BCUT2D eigenvalue weighted by Gasteiger charge is 2.27. The van der Waals surface area contributed by atoms with Crippen LogP contribution in [0.3, 0.4) is 0 Å². The fraction of sp³-hybridized carbons (Fsp3) is 0.556. The third kappa shape index (κ3) is 3.49. The first-order chi connectivity index (χ1) is 12.5. The summed E-state index contributed by atoms with van der Waals surface area (Å²) in [6.07, 6.45) is 6.43. The lowest BCUT2D eigenvalue weighted by Gasteiger charge is -2.28. The van der Waals surface area contributed by atoms with Crippen molar-refractivity contribution in [3.05, 3.63) is 18.0 Å². The van der Waals surface area contributed by atoms with Crippen LogP contribution in [-0.2, 0) is 16.1 Å². The van der Waals surface area contributed by atoms with Crippen LogP contribution in [0.25, 0.3) is 11.0 Å². The van der Waals surface area contributed by atoms with Crippen LogP contribution in [0.2, 0.25) is 0 Å². The molecule has 1 saturated carbocycles. The van der Waals surface area contributed by atoms with Crippen molar-refractivity contribution in [2.24, 2.45) is 11.7 Å². The van der Waals surface area contributed by atoms with Crippen LogP contribution in [0.15, 0.2) is 12.4 Å². The number of esters is 1. The monoisotopic (exact) mass is 359 g/mol. The second-order valence-corrected chi connectivity index (χ2v) is 6.56. The summed E-state index contributed by atoms with van der Waals surface area (Å²) in [4.78, 5) is 28.1. The van der Waals surface area contributed by atoms with Crippen molar-refractivity contribution >= 4 is 28.6 Å². The number of carbonyl (C=O) groups is 2. The number of pyridine rings is 1. The number of hydrogen-bond acceptors (Lipinski definition) is 6. The van der Waals surface area contributed by atoms with E-state index in [4.69, 9.17) is 10.5 Å². The van der Waals surface area contributed by atoms with Crippen molar-refractivity contribution in [3.63, 3.8) is 0 Å². The minimum absolute atomic E-state index is 0.0575. The van der Waals surface area contributed by atoms with Crippen LogP contribution in [0.4, 0.5) is 5.69 Å². The number of primary amides is 1. The number of ether oxygens (including phenoxy) is 1. The minimum atomic E-state index is -0.403. The van der Waals surface area contributed by atoms with Crippen LogP contribution in [0.5, 0.6) is 0 Å². The number of amides is 1. The number of nitrogens with one attached hydrogen (secondary N) is 1. The lowest BCUT2D eigenvalue weighted by Crippen LogP contribution is -2.32. The molecule has 2 aromatic rings. The van der Waals surface area contributed by atoms with E-state index in [9.17, 15) is 9.59 Å². The molecule has 1 aliphatic carbocycles. The molecule has 0 radical (unpaired) electrons. The van der Waals surface area contributed by atoms with Gasteiger partial charge in [-0.05, 0) is 39.5 Å². The minimum Gasteiger partial charge on any atom is -0.462 e. The van der Waals surface area contributed by atoms with Gasteiger partial charge in [0.15, 0.2) is 5.65 Å². The van der Waals surface area contributed by atoms with Gasteiger partial charge in [0.1, 0.15) is 5.56 Å². The van der Waals surface area contributed by atoms with E-state index < -0.39 is 5.97 Å². The summed E-state index contributed by atoms with van der Waals surface area (Å²) in [5.74, 6) is -0.691. The van der Waals surface area contributed by atoms with Gasteiger partial charge in [-0.3, -0.25) is 4.79 Å². The molecule has 2 heterocycles. The quantitative estimate of drug-likeness (QED) is 0.764. The van der Waals surface area contributed by atoms with Gasteiger partial charge in [0, 0.05) is 24.7 Å². The summed E-state index contributed by atoms with van der Waals surface area (Å²) in [6.45, 7) is 4.76. The van der Waals surface area contributed by atoms with Crippen LogP contribution < -0.4 is 11.1 Å². The molecule has 0 bridgehead atoms. The predicted molar refractivity (Wildman–Crippen MR) is 97.7 cm³/mol.